The van der Waals surface area contributed by atoms with Gasteiger partial charge in [0.05, 0.1) is 23.3 Å². The van der Waals surface area contributed by atoms with Crippen LogP contribution in [0.5, 0.6) is 0 Å². The van der Waals surface area contributed by atoms with Crippen LogP contribution in [0.2, 0.25) is 0 Å². The van der Waals surface area contributed by atoms with Gasteiger partial charge in [-0.2, -0.15) is 0 Å². The number of hydrogen-bond donors (Lipinski definition) is 1. The number of hydrogen-bond acceptors (Lipinski definition) is 5. The first-order valence-electron chi connectivity index (χ1n) is 10.3. The van der Waals surface area contributed by atoms with Crippen molar-refractivity contribution in [2.45, 2.75) is 12.8 Å². The SMILES string of the molecule is O=C(Nc1ccc2c(c1)CCN2C(=O)c1ccoc1)c1cccc(N2CCCS2(=O)=O)c1. The van der Waals surface area contributed by atoms with Crippen molar-refractivity contribution in [3.05, 3.63) is 77.7 Å². The van der Waals surface area contributed by atoms with Crippen LogP contribution in [0.25, 0.3) is 0 Å². The Morgan fingerprint density at radius 2 is 1.88 bits per heavy atom. The van der Waals surface area contributed by atoms with Gasteiger partial charge in [0.1, 0.15) is 6.26 Å². The number of fused-ring (bicyclic) bond motifs is 1. The quantitative estimate of drug-likeness (QED) is 0.656. The lowest BCUT2D eigenvalue weighted by Crippen LogP contribution is -2.28. The molecular formula is C23H21N3O5S. The zero-order chi connectivity index (χ0) is 22.3. The lowest BCUT2D eigenvalue weighted by molar-refractivity contribution is 0.0987. The first kappa shape index (κ1) is 20.3. The molecule has 32 heavy (non-hydrogen) atoms. The molecule has 164 valence electrons. The van der Waals surface area contributed by atoms with E-state index in [-0.39, 0.29) is 17.6 Å². The van der Waals surface area contributed by atoms with Crippen LogP contribution in [0.4, 0.5) is 17.1 Å². The molecule has 0 unspecified atom stereocenters. The van der Waals surface area contributed by atoms with Crippen molar-refractivity contribution < 1.29 is 22.4 Å². The van der Waals surface area contributed by atoms with E-state index in [0.717, 1.165) is 11.3 Å². The van der Waals surface area contributed by atoms with Crippen LogP contribution in [0.15, 0.2) is 65.5 Å². The molecule has 1 saturated heterocycles. The van der Waals surface area contributed by atoms with Crippen molar-refractivity contribution in [1.82, 2.24) is 0 Å². The summed E-state index contributed by atoms with van der Waals surface area (Å²) in [4.78, 5) is 27.2. The summed E-state index contributed by atoms with van der Waals surface area (Å²) in [6.45, 7) is 0.982. The van der Waals surface area contributed by atoms with E-state index in [4.69, 9.17) is 4.42 Å². The summed E-state index contributed by atoms with van der Waals surface area (Å²) in [6.07, 6.45) is 4.16. The highest BCUT2D eigenvalue weighted by molar-refractivity contribution is 7.93. The zero-order valence-corrected chi connectivity index (χ0v) is 18.0. The summed E-state index contributed by atoms with van der Waals surface area (Å²) < 4.78 is 30.7. The van der Waals surface area contributed by atoms with Gasteiger partial charge < -0.3 is 14.6 Å². The molecule has 0 spiro atoms. The Bertz CT molecular complexity index is 1300. The second kappa shape index (κ2) is 7.83. The third kappa shape index (κ3) is 3.64. The fraction of sp³-hybridized carbons (Fsp3) is 0.217. The van der Waals surface area contributed by atoms with Crippen LogP contribution < -0.4 is 14.5 Å². The van der Waals surface area contributed by atoms with Crippen LogP contribution in [0.1, 0.15) is 32.7 Å². The van der Waals surface area contributed by atoms with Crippen molar-refractivity contribution in [2.24, 2.45) is 0 Å². The lowest BCUT2D eigenvalue weighted by atomic mass is 10.1. The van der Waals surface area contributed by atoms with E-state index in [0.29, 0.717) is 48.4 Å². The molecule has 5 rings (SSSR count). The Hall–Kier alpha value is -3.59. The second-order valence-electron chi connectivity index (χ2n) is 7.81. The maximum Gasteiger partial charge on any atom is 0.261 e. The summed E-state index contributed by atoms with van der Waals surface area (Å²) in [5.74, 6) is -0.325. The Balaban J connectivity index is 1.33. The molecule has 0 atom stereocenters. The van der Waals surface area contributed by atoms with E-state index in [1.165, 1.54) is 16.8 Å². The number of rotatable bonds is 4. The maximum absolute atomic E-state index is 12.8. The van der Waals surface area contributed by atoms with Gasteiger partial charge in [-0.25, -0.2) is 8.42 Å². The van der Waals surface area contributed by atoms with E-state index in [1.54, 1.807) is 41.3 Å². The molecule has 2 aliphatic rings. The topological polar surface area (TPSA) is 99.9 Å². The molecule has 0 radical (unpaired) electrons. The van der Waals surface area contributed by atoms with Crippen molar-refractivity contribution in [1.29, 1.82) is 0 Å². The Labute approximate surface area is 185 Å². The summed E-state index contributed by atoms with van der Waals surface area (Å²) in [7, 11) is -3.31. The van der Waals surface area contributed by atoms with Crippen LogP contribution in [0.3, 0.4) is 0 Å². The highest BCUT2D eigenvalue weighted by Gasteiger charge is 2.29. The van der Waals surface area contributed by atoms with E-state index in [1.807, 2.05) is 12.1 Å². The molecule has 0 aliphatic carbocycles. The number of carbonyl (C=O) groups is 2. The van der Waals surface area contributed by atoms with Gasteiger partial charge in [0, 0.05) is 30.0 Å². The molecule has 3 aromatic rings. The van der Waals surface area contributed by atoms with Crippen LogP contribution in [-0.2, 0) is 16.4 Å². The number of nitrogens with one attached hydrogen (secondary N) is 1. The van der Waals surface area contributed by atoms with Gasteiger partial charge in [-0.3, -0.25) is 13.9 Å². The number of carbonyl (C=O) groups excluding carboxylic acids is 2. The van der Waals surface area contributed by atoms with Crippen LogP contribution >= 0.6 is 0 Å². The van der Waals surface area contributed by atoms with Crippen molar-refractivity contribution >= 4 is 38.9 Å². The van der Waals surface area contributed by atoms with Crippen molar-refractivity contribution in [3.63, 3.8) is 0 Å². The van der Waals surface area contributed by atoms with Gasteiger partial charge in [-0.15, -0.1) is 0 Å². The first-order chi connectivity index (χ1) is 15.4. The van der Waals surface area contributed by atoms with Gasteiger partial charge in [-0.1, -0.05) is 6.07 Å². The van der Waals surface area contributed by atoms with E-state index < -0.39 is 10.0 Å². The molecule has 0 bridgehead atoms. The fourth-order valence-corrected chi connectivity index (χ4v) is 5.72. The molecule has 2 amide bonds. The van der Waals surface area contributed by atoms with E-state index in [2.05, 4.69) is 5.32 Å². The number of nitrogens with zero attached hydrogens (tertiary/aromatic N) is 2. The summed E-state index contributed by atoms with van der Waals surface area (Å²) in [6, 6.07) is 13.7. The minimum atomic E-state index is -3.31. The van der Waals surface area contributed by atoms with E-state index in [9.17, 15) is 18.0 Å². The molecule has 1 N–H and O–H groups in total. The molecule has 1 aromatic heterocycles. The smallest absolute Gasteiger partial charge is 0.261 e. The van der Waals surface area contributed by atoms with Crippen LogP contribution in [0, 0.1) is 0 Å². The van der Waals surface area contributed by atoms with Crippen molar-refractivity contribution in [2.75, 3.05) is 33.4 Å². The molecule has 3 heterocycles. The van der Waals surface area contributed by atoms with Crippen molar-refractivity contribution in [3.8, 4) is 0 Å². The standard InChI is InChI=1S/C23H21N3O5S/c27-22(17-3-1-4-20(14-17)26-9-2-12-32(26,29)30)24-19-5-6-21-16(13-19)7-10-25(21)23(28)18-8-11-31-15-18/h1,3-6,8,11,13-15H,2,7,9-10,12H2,(H,24,27). The zero-order valence-electron chi connectivity index (χ0n) is 17.2. The fourth-order valence-electron chi connectivity index (χ4n) is 4.17. The average molecular weight is 452 g/mol. The molecule has 8 nitrogen and oxygen atoms in total. The molecule has 1 fully saturated rings. The molecule has 0 saturated carbocycles. The number of sulfonamides is 1. The monoisotopic (exact) mass is 451 g/mol. The van der Waals surface area contributed by atoms with E-state index >= 15 is 0 Å². The Kier molecular flexibility index (Phi) is 4.97. The molecule has 2 aliphatic heterocycles. The number of furan rings is 1. The first-order valence-corrected chi connectivity index (χ1v) is 11.9. The second-order valence-corrected chi connectivity index (χ2v) is 9.82. The molecule has 2 aromatic carbocycles. The normalized spacial score (nSPS) is 16.8. The highest BCUT2D eigenvalue weighted by Crippen LogP contribution is 2.32. The van der Waals surface area contributed by atoms with Gasteiger partial charge in [0.25, 0.3) is 11.8 Å². The predicted octanol–water partition coefficient (Wildman–Crippen LogP) is 3.27. The molecular weight excluding hydrogens is 430 g/mol. The summed E-state index contributed by atoms with van der Waals surface area (Å²) in [5, 5.41) is 2.87. The lowest BCUT2D eigenvalue weighted by Gasteiger charge is -2.18. The van der Waals surface area contributed by atoms with Gasteiger partial charge in [0.2, 0.25) is 10.0 Å². The minimum Gasteiger partial charge on any atom is -0.472 e. The van der Waals surface area contributed by atoms with Gasteiger partial charge >= 0.3 is 0 Å². The van der Waals surface area contributed by atoms with Gasteiger partial charge in [0.15, 0.2) is 0 Å². The maximum atomic E-state index is 12.8. The largest absolute Gasteiger partial charge is 0.472 e. The summed E-state index contributed by atoms with van der Waals surface area (Å²) >= 11 is 0. The predicted molar refractivity (Wildman–Crippen MR) is 121 cm³/mol. The highest BCUT2D eigenvalue weighted by atomic mass is 32.2. The Morgan fingerprint density at radius 3 is 2.62 bits per heavy atom. The average Bonchev–Trinajstić information content (AvgIpc) is 3.52. The Morgan fingerprint density at radius 1 is 1.00 bits per heavy atom. The van der Waals surface area contributed by atoms with Crippen LogP contribution in [-0.4, -0.2) is 39.1 Å². The number of benzene rings is 2. The third-order valence-corrected chi connectivity index (χ3v) is 7.61. The minimum absolute atomic E-state index is 0.122. The van der Waals surface area contributed by atoms with Gasteiger partial charge in [-0.05, 0) is 60.9 Å². The third-order valence-electron chi connectivity index (χ3n) is 5.74. The number of anilines is 3. The molecule has 9 heteroatoms. The summed E-state index contributed by atoms with van der Waals surface area (Å²) in [5.41, 5.74) is 3.77. The number of amides is 2.